The van der Waals surface area contributed by atoms with Crippen molar-refractivity contribution in [2.45, 2.75) is 25.9 Å². The summed E-state index contributed by atoms with van der Waals surface area (Å²) >= 11 is 0. The zero-order valence-electron chi connectivity index (χ0n) is 7.30. The van der Waals surface area contributed by atoms with Crippen molar-refractivity contribution >= 4 is 0 Å². The van der Waals surface area contributed by atoms with Crippen molar-refractivity contribution in [1.82, 2.24) is 0 Å². The normalized spacial score (nSPS) is 11.9. The summed E-state index contributed by atoms with van der Waals surface area (Å²) in [6.07, 6.45) is 6.12. The first-order chi connectivity index (χ1) is 4.95. The maximum atomic E-state index is 9.26. The van der Waals surface area contributed by atoms with Gasteiger partial charge in [-0.3, -0.25) is 0 Å². The van der Waals surface area contributed by atoms with Gasteiger partial charge in [0.2, 0.25) is 0 Å². The molecule has 1 heteroatoms. The van der Waals surface area contributed by atoms with Gasteiger partial charge >= 0.3 is 0 Å². The molecule has 1 N–H and O–H groups in total. The number of hydrogen-bond donors (Lipinski definition) is 1. The predicted octanol–water partition coefficient (Wildman–Crippen LogP) is 2.45. The molecule has 0 radical (unpaired) electrons. The lowest BCUT2D eigenvalue weighted by molar-refractivity contribution is 0.133. The Kier molecular flexibility index (Phi) is 3.83. The van der Waals surface area contributed by atoms with Gasteiger partial charge in [-0.15, -0.1) is 0 Å². The molecule has 0 amide bonds. The standard InChI is InChI=1S/C10H16O/c1-5-9(2)7-6-8-10(3,4)11/h5-6,8,11H,1-2,7H2,3-4H3/b8-6+. The molecule has 0 bridgehead atoms. The molecule has 0 saturated carbocycles. The van der Waals surface area contributed by atoms with Crippen LogP contribution in [-0.4, -0.2) is 10.7 Å². The van der Waals surface area contributed by atoms with Crippen molar-refractivity contribution in [1.29, 1.82) is 0 Å². The second-order valence-corrected chi connectivity index (χ2v) is 3.12. The van der Waals surface area contributed by atoms with Crippen LogP contribution >= 0.6 is 0 Å². The summed E-state index contributed by atoms with van der Waals surface area (Å²) in [6.45, 7) is 10.8. The van der Waals surface area contributed by atoms with Crippen LogP contribution in [-0.2, 0) is 0 Å². The fourth-order valence-corrected chi connectivity index (χ4v) is 0.582. The topological polar surface area (TPSA) is 20.2 Å². The van der Waals surface area contributed by atoms with Crippen LogP contribution < -0.4 is 0 Å². The highest BCUT2D eigenvalue weighted by Crippen LogP contribution is 2.06. The Morgan fingerprint density at radius 1 is 1.55 bits per heavy atom. The summed E-state index contributed by atoms with van der Waals surface area (Å²) in [7, 11) is 0. The third-order valence-electron chi connectivity index (χ3n) is 1.19. The molecule has 0 aromatic carbocycles. The van der Waals surface area contributed by atoms with E-state index < -0.39 is 5.60 Å². The predicted molar refractivity (Wildman–Crippen MR) is 49.4 cm³/mol. The first-order valence-corrected chi connectivity index (χ1v) is 3.66. The largest absolute Gasteiger partial charge is 0.386 e. The summed E-state index contributed by atoms with van der Waals surface area (Å²) in [5, 5.41) is 9.26. The van der Waals surface area contributed by atoms with E-state index in [0.29, 0.717) is 0 Å². The molecule has 0 aromatic rings. The lowest BCUT2D eigenvalue weighted by Gasteiger charge is -2.09. The average Bonchev–Trinajstić information content (AvgIpc) is 1.85. The maximum Gasteiger partial charge on any atom is 0.0771 e. The minimum atomic E-state index is -0.721. The van der Waals surface area contributed by atoms with Gasteiger partial charge in [0, 0.05) is 0 Å². The zero-order valence-corrected chi connectivity index (χ0v) is 7.30. The molecule has 0 aliphatic rings. The van der Waals surface area contributed by atoms with Gasteiger partial charge < -0.3 is 5.11 Å². The fraction of sp³-hybridized carbons (Fsp3) is 0.400. The van der Waals surface area contributed by atoms with E-state index in [1.165, 1.54) is 0 Å². The average molecular weight is 152 g/mol. The van der Waals surface area contributed by atoms with Gasteiger partial charge in [-0.2, -0.15) is 0 Å². The van der Waals surface area contributed by atoms with Gasteiger partial charge in [0.1, 0.15) is 0 Å². The monoisotopic (exact) mass is 152 g/mol. The van der Waals surface area contributed by atoms with Gasteiger partial charge in [-0.25, -0.2) is 0 Å². The molecular formula is C10H16O. The fourth-order valence-electron chi connectivity index (χ4n) is 0.582. The summed E-state index contributed by atoms with van der Waals surface area (Å²) in [5.41, 5.74) is 0.243. The third kappa shape index (κ3) is 7.07. The maximum absolute atomic E-state index is 9.26. The molecule has 0 aliphatic carbocycles. The Balaban J connectivity index is 3.78. The Hall–Kier alpha value is -0.820. The zero-order chi connectivity index (χ0) is 8.91. The molecule has 0 saturated heterocycles. The van der Waals surface area contributed by atoms with Gasteiger partial charge in [-0.05, 0) is 20.3 Å². The Bertz CT molecular complexity index is 170. The SMILES string of the molecule is C=CC(=C)C/C=C/C(C)(C)O. The highest BCUT2D eigenvalue weighted by atomic mass is 16.3. The number of rotatable bonds is 4. The van der Waals surface area contributed by atoms with E-state index in [4.69, 9.17) is 0 Å². The molecule has 0 unspecified atom stereocenters. The van der Waals surface area contributed by atoms with E-state index in [1.54, 1.807) is 26.0 Å². The van der Waals surface area contributed by atoms with Crippen molar-refractivity contribution in [2.75, 3.05) is 0 Å². The Morgan fingerprint density at radius 2 is 2.09 bits per heavy atom. The summed E-state index contributed by atoms with van der Waals surface area (Å²) in [4.78, 5) is 0. The van der Waals surface area contributed by atoms with E-state index in [1.807, 2.05) is 6.08 Å². The molecule has 0 rings (SSSR count). The minimum Gasteiger partial charge on any atom is -0.386 e. The van der Waals surface area contributed by atoms with Crippen molar-refractivity contribution in [3.8, 4) is 0 Å². The van der Waals surface area contributed by atoms with E-state index >= 15 is 0 Å². The van der Waals surface area contributed by atoms with Crippen LogP contribution in [0.2, 0.25) is 0 Å². The smallest absolute Gasteiger partial charge is 0.0771 e. The number of allylic oxidation sites excluding steroid dienone is 3. The van der Waals surface area contributed by atoms with Crippen LogP contribution in [0.25, 0.3) is 0 Å². The summed E-state index contributed by atoms with van der Waals surface area (Å²) in [5.74, 6) is 0. The van der Waals surface area contributed by atoms with Crippen molar-refractivity contribution in [3.05, 3.63) is 37.0 Å². The molecular weight excluding hydrogens is 136 g/mol. The van der Waals surface area contributed by atoms with E-state index in [0.717, 1.165) is 12.0 Å². The minimum absolute atomic E-state index is 0.721. The van der Waals surface area contributed by atoms with Crippen LogP contribution in [0.1, 0.15) is 20.3 Å². The molecule has 11 heavy (non-hydrogen) atoms. The highest BCUT2D eigenvalue weighted by Gasteiger charge is 2.04. The lowest BCUT2D eigenvalue weighted by atomic mass is 10.1. The van der Waals surface area contributed by atoms with Gasteiger partial charge in [0.15, 0.2) is 0 Å². The van der Waals surface area contributed by atoms with E-state index in [2.05, 4.69) is 13.2 Å². The molecule has 1 nitrogen and oxygen atoms in total. The second-order valence-electron chi connectivity index (χ2n) is 3.12. The first-order valence-electron chi connectivity index (χ1n) is 3.66. The quantitative estimate of drug-likeness (QED) is 0.484. The van der Waals surface area contributed by atoms with Crippen molar-refractivity contribution in [2.24, 2.45) is 0 Å². The molecule has 0 spiro atoms. The van der Waals surface area contributed by atoms with Crippen LogP contribution in [0.5, 0.6) is 0 Å². The Morgan fingerprint density at radius 3 is 2.45 bits per heavy atom. The molecule has 62 valence electrons. The van der Waals surface area contributed by atoms with Crippen LogP contribution in [0.3, 0.4) is 0 Å². The van der Waals surface area contributed by atoms with Gasteiger partial charge in [0.05, 0.1) is 5.60 Å². The van der Waals surface area contributed by atoms with Crippen molar-refractivity contribution < 1.29 is 5.11 Å². The summed E-state index contributed by atoms with van der Waals surface area (Å²) in [6, 6.07) is 0. The summed E-state index contributed by atoms with van der Waals surface area (Å²) < 4.78 is 0. The Labute approximate surface area is 68.7 Å². The number of hydrogen-bond acceptors (Lipinski definition) is 1. The molecule has 0 fully saturated rings. The third-order valence-corrected chi connectivity index (χ3v) is 1.19. The van der Waals surface area contributed by atoms with Crippen LogP contribution in [0, 0.1) is 0 Å². The van der Waals surface area contributed by atoms with Gasteiger partial charge in [-0.1, -0.05) is 37.0 Å². The van der Waals surface area contributed by atoms with Crippen LogP contribution in [0.15, 0.2) is 37.0 Å². The molecule has 0 aliphatic heterocycles. The van der Waals surface area contributed by atoms with Crippen molar-refractivity contribution in [3.63, 3.8) is 0 Å². The molecule has 0 aromatic heterocycles. The van der Waals surface area contributed by atoms with E-state index in [9.17, 15) is 5.11 Å². The molecule has 0 heterocycles. The second kappa shape index (κ2) is 4.14. The molecule has 0 atom stereocenters. The highest BCUT2D eigenvalue weighted by molar-refractivity contribution is 5.15. The lowest BCUT2D eigenvalue weighted by Crippen LogP contribution is -2.13. The van der Waals surface area contributed by atoms with Crippen LogP contribution in [0.4, 0.5) is 0 Å². The van der Waals surface area contributed by atoms with Gasteiger partial charge in [0.25, 0.3) is 0 Å². The first kappa shape index (κ1) is 10.2. The number of aliphatic hydroxyl groups is 1. The van der Waals surface area contributed by atoms with E-state index in [-0.39, 0.29) is 0 Å².